The molecule has 0 N–H and O–H groups in total. The molecule has 0 fully saturated rings. The molecule has 0 bridgehead atoms. The summed E-state index contributed by atoms with van der Waals surface area (Å²) in [6.45, 7) is 3.37. The summed E-state index contributed by atoms with van der Waals surface area (Å²) in [7, 11) is 0. The molecule has 10 heteroatoms. The van der Waals surface area contributed by atoms with Crippen molar-refractivity contribution in [2.75, 3.05) is 11.4 Å². The van der Waals surface area contributed by atoms with E-state index in [1.807, 2.05) is 38.1 Å². The second-order valence-electron chi connectivity index (χ2n) is 9.54. The molecule has 6 nitrogen and oxygen atoms in total. The first-order chi connectivity index (χ1) is 18.1. The molecule has 3 amide bonds. The molecule has 0 saturated heterocycles. The van der Waals surface area contributed by atoms with Gasteiger partial charge >= 0.3 is 0 Å². The first-order valence-corrected chi connectivity index (χ1v) is 13.3. The SMILES string of the molecule is CC1(C)c2sn(-c3ccc(Cl)c(F)c3)c(=S)c2-c2ccccc2N1C(=O)CN1C(=O)c2ccccc2C1=O. The Morgan fingerprint density at radius 3 is 2.21 bits per heavy atom. The highest BCUT2D eigenvalue weighted by atomic mass is 35.5. The zero-order valence-corrected chi connectivity index (χ0v) is 22.6. The number of para-hydroxylation sites is 1. The van der Waals surface area contributed by atoms with Crippen LogP contribution in [0.25, 0.3) is 16.8 Å². The Labute approximate surface area is 231 Å². The summed E-state index contributed by atoms with van der Waals surface area (Å²) in [5.74, 6) is -1.95. The molecular weight excluding hydrogens is 545 g/mol. The van der Waals surface area contributed by atoms with Crippen molar-refractivity contribution in [1.82, 2.24) is 8.86 Å². The van der Waals surface area contributed by atoms with Crippen LogP contribution in [0.4, 0.5) is 10.1 Å². The van der Waals surface area contributed by atoms with Gasteiger partial charge in [-0.1, -0.05) is 65.7 Å². The maximum atomic E-state index is 14.3. The van der Waals surface area contributed by atoms with Crippen molar-refractivity contribution in [3.8, 4) is 16.8 Å². The number of hydrogen-bond donors (Lipinski definition) is 0. The zero-order valence-electron chi connectivity index (χ0n) is 20.2. The van der Waals surface area contributed by atoms with Gasteiger partial charge in [-0.15, -0.1) is 0 Å². The van der Waals surface area contributed by atoms with E-state index in [0.717, 1.165) is 20.9 Å². The molecule has 0 saturated carbocycles. The molecule has 3 heterocycles. The van der Waals surface area contributed by atoms with Crippen molar-refractivity contribution >= 4 is 58.8 Å². The van der Waals surface area contributed by atoms with Crippen molar-refractivity contribution in [2.45, 2.75) is 19.4 Å². The van der Waals surface area contributed by atoms with Crippen LogP contribution < -0.4 is 4.90 Å². The van der Waals surface area contributed by atoms with Gasteiger partial charge in [-0.3, -0.25) is 28.1 Å². The van der Waals surface area contributed by atoms with Crippen LogP contribution in [-0.2, 0) is 10.3 Å². The van der Waals surface area contributed by atoms with E-state index >= 15 is 0 Å². The van der Waals surface area contributed by atoms with E-state index in [4.69, 9.17) is 23.8 Å². The van der Waals surface area contributed by atoms with Gasteiger partial charge in [0.2, 0.25) is 5.91 Å². The first-order valence-electron chi connectivity index (χ1n) is 11.7. The van der Waals surface area contributed by atoms with Crippen LogP contribution in [0.5, 0.6) is 0 Å². The van der Waals surface area contributed by atoms with Gasteiger partial charge in [0.1, 0.15) is 17.0 Å². The number of hydrogen-bond acceptors (Lipinski definition) is 5. The third-order valence-electron chi connectivity index (χ3n) is 6.90. The molecule has 190 valence electrons. The topological polar surface area (TPSA) is 62.6 Å². The maximum absolute atomic E-state index is 14.3. The quantitative estimate of drug-likeness (QED) is 0.208. The van der Waals surface area contributed by atoms with Crippen molar-refractivity contribution in [2.24, 2.45) is 0 Å². The van der Waals surface area contributed by atoms with Gasteiger partial charge in [-0.05, 0) is 44.2 Å². The van der Waals surface area contributed by atoms with Crippen molar-refractivity contribution in [3.05, 3.63) is 98.2 Å². The molecular formula is C28H19ClFN3O3S2. The first kappa shape index (κ1) is 24.7. The normalized spacial score (nSPS) is 15.4. The van der Waals surface area contributed by atoms with E-state index in [0.29, 0.717) is 16.0 Å². The molecule has 4 aromatic rings. The smallest absolute Gasteiger partial charge is 0.262 e. The molecule has 3 aromatic carbocycles. The standard InChI is InChI=1S/C28H19ClFN3O3S2/c1-28(2)24-23(27(37)33(38-24)15-11-12-19(29)20(30)13-15)18-9-5-6-10-21(18)32(28)22(34)14-31-25(35)16-7-3-4-8-17(16)26(31)36/h3-13H,14H2,1-2H3. The highest BCUT2D eigenvalue weighted by Crippen LogP contribution is 2.51. The van der Waals surface area contributed by atoms with E-state index in [-0.39, 0.29) is 16.1 Å². The monoisotopic (exact) mass is 563 g/mol. The number of halogens is 2. The van der Waals surface area contributed by atoms with Gasteiger partial charge in [-0.25, -0.2) is 4.39 Å². The van der Waals surface area contributed by atoms with Crippen LogP contribution in [-0.4, -0.2) is 33.1 Å². The van der Waals surface area contributed by atoms with Gasteiger partial charge in [0.25, 0.3) is 11.8 Å². The second kappa shape index (κ2) is 8.69. The van der Waals surface area contributed by atoms with Crippen LogP contribution in [0.3, 0.4) is 0 Å². The lowest BCUT2D eigenvalue weighted by molar-refractivity contribution is -0.120. The fourth-order valence-corrected chi connectivity index (χ4v) is 6.93. The Morgan fingerprint density at radius 2 is 1.58 bits per heavy atom. The third-order valence-corrected chi connectivity index (χ3v) is 9.17. The maximum Gasteiger partial charge on any atom is 0.262 e. The molecule has 1 aromatic heterocycles. The number of imide groups is 1. The van der Waals surface area contributed by atoms with E-state index in [1.54, 1.807) is 39.2 Å². The fourth-order valence-electron chi connectivity index (χ4n) is 5.13. The third kappa shape index (κ3) is 3.49. The molecule has 0 unspecified atom stereocenters. The lowest BCUT2D eigenvalue weighted by Crippen LogP contribution is -2.52. The predicted molar refractivity (Wildman–Crippen MR) is 147 cm³/mol. The van der Waals surface area contributed by atoms with Crippen LogP contribution in [0, 0.1) is 10.5 Å². The summed E-state index contributed by atoms with van der Waals surface area (Å²) in [5, 5.41) is 0.0113. The Morgan fingerprint density at radius 1 is 0.974 bits per heavy atom. The van der Waals surface area contributed by atoms with Crippen molar-refractivity contribution in [3.63, 3.8) is 0 Å². The van der Waals surface area contributed by atoms with Gasteiger partial charge < -0.3 is 0 Å². The number of carbonyl (C=O) groups excluding carboxylic acids is 3. The van der Waals surface area contributed by atoms with Gasteiger partial charge in [0, 0.05) is 17.2 Å². The number of fused-ring (bicyclic) bond motifs is 4. The van der Waals surface area contributed by atoms with E-state index in [9.17, 15) is 18.8 Å². The Kier molecular flexibility index (Phi) is 5.64. The number of carbonyl (C=O) groups is 3. The van der Waals surface area contributed by atoms with Crippen molar-refractivity contribution in [1.29, 1.82) is 0 Å². The lowest BCUT2D eigenvalue weighted by Gasteiger charge is -2.43. The van der Waals surface area contributed by atoms with E-state index < -0.39 is 35.6 Å². The van der Waals surface area contributed by atoms with Crippen LogP contribution in [0.15, 0.2) is 66.7 Å². The van der Waals surface area contributed by atoms with Gasteiger partial charge in [-0.2, -0.15) is 0 Å². The Hall–Kier alpha value is -3.66. The Bertz CT molecular complexity index is 1730. The molecule has 2 aliphatic heterocycles. The number of amides is 3. The Balaban J connectivity index is 1.45. The van der Waals surface area contributed by atoms with Crippen molar-refractivity contribution < 1.29 is 18.8 Å². The second-order valence-corrected chi connectivity index (χ2v) is 11.3. The highest BCUT2D eigenvalue weighted by molar-refractivity contribution is 7.71. The minimum Gasteiger partial charge on any atom is -0.300 e. The van der Waals surface area contributed by atoms with E-state index in [2.05, 4.69) is 0 Å². The summed E-state index contributed by atoms with van der Waals surface area (Å²) in [4.78, 5) is 43.3. The summed E-state index contributed by atoms with van der Waals surface area (Å²) < 4.78 is 16.5. The summed E-state index contributed by atoms with van der Waals surface area (Å²) in [5.41, 5.74) is 2.34. The summed E-state index contributed by atoms with van der Waals surface area (Å²) in [6, 6.07) is 18.4. The predicted octanol–water partition coefficient (Wildman–Crippen LogP) is 6.61. The largest absolute Gasteiger partial charge is 0.300 e. The summed E-state index contributed by atoms with van der Waals surface area (Å²) >= 11 is 13.1. The number of rotatable bonds is 3. The van der Waals surface area contributed by atoms with Gasteiger partial charge in [0.15, 0.2) is 0 Å². The van der Waals surface area contributed by atoms with Crippen LogP contribution in [0.2, 0.25) is 5.02 Å². The van der Waals surface area contributed by atoms with Gasteiger partial charge in [0.05, 0.1) is 37.9 Å². The number of aromatic nitrogens is 1. The molecule has 0 aliphatic carbocycles. The average molecular weight is 564 g/mol. The number of nitrogens with zero attached hydrogens (tertiary/aromatic N) is 3. The molecule has 2 aliphatic rings. The minimum atomic E-state index is -0.895. The average Bonchev–Trinajstić information content (AvgIpc) is 3.37. The summed E-state index contributed by atoms with van der Waals surface area (Å²) in [6.07, 6.45) is 0. The molecule has 0 radical (unpaired) electrons. The minimum absolute atomic E-state index is 0.0113. The molecule has 0 atom stereocenters. The van der Waals surface area contributed by atoms with Crippen LogP contribution >= 0.6 is 35.4 Å². The number of benzene rings is 3. The van der Waals surface area contributed by atoms with E-state index in [1.165, 1.54) is 23.7 Å². The highest BCUT2D eigenvalue weighted by Gasteiger charge is 2.45. The molecule has 0 spiro atoms. The fraction of sp³-hybridized carbons (Fsp3) is 0.143. The lowest BCUT2D eigenvalue weighted by atomic mass is 9.87. The zero-order chi connectivity index (χ0) is 26.9. The number of anilines is 1. The molecule has 38 heavy (non-hydrogen) atoms. The molecule has 6 rings (SSSR count). The van der Waals surface area contributed by atoms with Crippen LogP contribution in [0.1, 0.15) is 39.4 Å².